The maximum absolute atomic E-state index is 10.2. The van der Waals surface area contributed by atoms with Crippen LogP contribution in [0.25, 0.3) is 0 Å². The second-order valence-corrected chi connectivity index (χ2v) is 9.19. The molecule has 1 heterocycles. The van der Waals surface area contributed by atoms with Gasteiger partial charge in [-0.25, -0.2) is 0 Å². The smallest absolute Gasteiger partial charge is 0.119 e. The molecule has 1 aliphatic carbocycles. The van der Waals surface area contributed by atoms with Crippen LogP contribution in [0.5, 0.6) is 11.5 Å². The molecule has 0 bridgehead atoms. The van der Waals surface area contributed by atoms with Crippen LogP contribution in [0.4, 0.5) is 0 Å². The van der Waals surface area contributed by atoms with Gasteiger partial charge >= 0.3 is 0 Å². The van der Waals surface area contributed by atoms with E-state index < -0.39 is 6.10 Å². The SMILES string of the molecule is COc1ccc(OC[C@H](O)CNC2CCN(CCCOC3=CC(Cl)[C@H](Cl)C=C3)CC2)cc1. The van der Waals surface area contributed by atoms with Crippen molar-refractivity contribution in [2.75, 3.05) is 46.5 Å². The Bertz CT molecular complexity index is 736. The lowest BCUT2D eigenvalue weighted by molar-refractivity contribution is 0.0975. The average Bonchev–Trinajstić information content (AvgIpc) is 2.82. The number of ether oxygens (including phenoxy) is 3. The lowest BCUT2D eigenvalue weighted by Gasteiger charge is -2.32. The van der Waals surface area contributed by atoms with Crippen LogP contribution >= 0.6 is 23.2 Å². The fourth-order valence-corrected chi connectivity index (χ4v) is 4.11. The monoisotopic (exact) mass is 484 g/mol. The molecule has 0 spiro atoms. The summed E-state index contributed by atoms with van der Waals surface area (Å²) < 4.78 is 16.6. The Morgan fingerprint density at radius 2 is 1.81 bits per heavy atom. The molecule has 1 aliphatic heterocycles. The Morgan fingerprint density at radius 3 is 2.50 bits per heavy atom. The summed E-state index contributed by atoms with van der Waals surface area (Å²) in [5, 5.41) is 13.3. The van der Waals surface area contributed by atoms with Crippen molar-refractivity contribution >= 4 is 23.2 Å². The van der Waals surface area contributed by atoms with Gasteiger partial charge in [0.2, 0.25) is 0 Å². The highest BCUT2D eigenvalue weighted by Crippen LogP contribution is 2.21. The molecule has 6 nitrogen and oxygen atoms in total. The predicted molar refractivity (Wildman–Crippen MR) is 129 cm³/mol. The lowest BCUT2D eigenvalue weighted by Crippen LogP contribution is -2.45. The summed E-state index contributed by atoms with van der Waals surface area (Å²) in [5.74, 6) is 2.31. The molecule has 1 aromatic carbocycles. The highest BCUT2D eigenvalue weighted by Gasteiger charge is 2.20. The summed E-state index contributed by atoms with van der Waals surface area (Å²) in [6, 6.07) is 7.79. The van der Waals surface area contributed by atoms with Crippen LogP contribution in [-0.2, 0) is 4.74 Å². The van der Waals surface area contributed by atoms with Crippen LogP contribution in [0.2, 0.25) is 0 Å². The Morgan fingerprint density at radius 1 is 1.09 bits per heavy atom. The Kier molecular flexibility index (Phi) is 10.5. The molecule has 2 N–H and O–H groups in total. The first-order valence-electron chi connectivity index (χ1n) is 11.2. The summed E-state index contributed by atoms with van der Waals surface area (Å²) in [6.07, 6.45) is 8.21. The lowest BCUT2D eigenvalue weighted by atomic mass is 10.0. The maximum Gasteiger partial charge on any atom is 0.119 e. The van der Waals surface area contributed by atoms with Crippen LogP contribution in [0.3, 0.4) is 0 Å². The molecule has 3 rings (SSSR count). The largest absolute Gasteiger partial charge is 0.497 e. The van der Waals surface area contributed by atoms with Crippen LogP contribution in [0.15, 0.2) is 48.3 Å². The molecule has 3 atom stereocenters. The van der Waals surface area contributed by atoms with E-state index >= 15 is 0 Å². The van der Waals surface area contributed by atoms with Crippen molar-refractivity contribution in [3.05, 3.63) is 48.3 Å². The first-order valence-corrected chi connectivity index (χ1v) is 12.1. The molecule has 1 saturated heterocycles. The van der Waals surface area contributed by atoms with Gasteiger partial charge in [0.1, 0.15) is 30.0 Å². The number of rotatable bonds is 12. The zero-order chi connectivity index (χ0) is 22.8. The van der Waals surface area contributed by atoms with Crippen LogP contribution in [0, 0.1) is 0 Å². The van der Waals surface area contributed by atoms with E-state index in [-0.39, 0.29) is 17.4 Å². The summed E-state index contributed by atoms with van der Waals surface area (Å²) in [4.78, 5) is 2.47. The molecule has 0 aromatic heterocycles. The van der Waals surface area contributed by atoms with Gasteiger partial charge in [0.05, 0.1) is 24.5 Å². The molecule has 1 unspecified atom stereocenters. The second kappa shape index (κ2) is 13.3. The van der Waals surface area contributed by atoms with Crippen LogP contribution < -0.4 is 14.8 Å². The molecule has 178 valence electrons. The van der Waals surface area contributed by atoms with E-state index in [4.69, 9.17) is 37.4 Å². The molecule has 1 fully saturated rings. The van der Waals surface area contributed by atoms with E-state index in [1.807, 2.05) is 42.5 Å². The molecule has 32 heavy (non-hydrogen) atoms. The van der Waals surface area contributed by atoms with Crippen molar-refractivity contribution in [1.29, 1.82) is 0 Å². The number of allylic oxidation sites excluding steroid dienone is 3. The van der Waals surface area contributed by atoms with Crippen LogP contribution in [-0.4, -0.2) is 79.4 Å². The first-order chi connectivity index (χ1) is 15.5. The molecular formula is C24H34Cl2N2O4. The average molecular weight is 485 g/mol. The van der Waals surface area contributed by atoms with Crippen molar-refractivity contribution in [2.24, 2.45) is 0 Å². The Hall–Kier alpha value is -1.44. The van der Waals surface area contributed by atoms with Gasteiger partial charge in [0.25, 0.3) is 0 Å². The maximum atomic E-state index is 10.2. The summed E-state index contributed by atoms with van der Waals surface area (Å²) >= 11 is 12.2. The van der Waals surface area contributed by atoms with Gasteiger partial charge in [-0.05, 0) is 68.8 Å². The summed E-state index contributed by atoms with van der Waals surface area (Å²) in [6.45, 7) is 4.59. The number of hydrogen-bond donors (Lipinski definition) is 2. The quantitative estimate of drug-likeness (QED) is 0.349. The van der Waals surface area contributed by atoms with Crippen molar-refractivity contribution < 1.29 is 19.3 Å². The highest BCUT2D eigenvalue weighted by molar-refractivity contribution is 6.31. The molecule has 1 aromatic rings. The number of aliphatic hydroxyl groups excluding tert-OH is 1. The normalized spacial score (nSPS) is 22.9. The minimum Gasteiger partial charge on any atom is -0.497 e. The van der Waals surface area contributed by atoms with Gasteiger partial charge in [0, 0.05) is 19.1 Å². The number of nitrogens with one attached hydrogen (secondary N) is 1. The number of piperidine rings is 1. The van der Waals surface area contributed by atoms with Gasteiger partial charge in [-0.3, -0.25) is 0 Å². The topological polar surface area (TPSA) is 63.2 Å². The summed E-state index contributed by atoms with van der Waals surface area (Å²) in [7, 11) is 1.63. The van der Waals surface area contributed by atoms with Gasteiger partial charge in [-0.15, -0.1) is 23.2 Å². The van der Waals surface area contributed by atoms with Crippen molar-refractivity contribution in [1.82, 2.24) is 10.2 Å². The van der Waals surface area contributed by atoms with Crippen molar-refractivity contribution in [3.63, 3.8) is 0 Å². The second-order valence-electron chi connectivity index (χ2n) is 8.18. The number of halogens is 2. The van der Waals surface area contributed by atoms with Crippen molar-refractivity contribution in [2.45, 2.75) is 42.2 Å². The number of nitrogens with zero attached hydrogens (tertiary/aromatic N) is 1. The first kappa shape index (κ1) is 25.2. The third kappa shape index (κ3) is 8.49. The minimum atomic E-state index is -0.544. The number of alkyl halides is 2. The third-order valence-corrected chi connectivity index (χ3v) is 6.63. The molecular weight excluding hydrogens is 451 g/mol. The van der Waals surface area contributed by atoms with Gasteiger partial charge in [0.15, 0.2) is 0 Å². The van der Waals surface area contributed by atoms with E-state index in [0.717, 1.165) is 56.2 Å². The number of methoxy groups -OCH3 is 1. The Balaban J connectivity index is 1.22. The van der Waals surface area contributed by atoms with Gasteiger partial charge in [-0.2, -0.15) is 0 Å². The van der Waals surface area contributed by atoms with Crippen LogP contribution in [0.1, 0.15) is 19.3 Å². The minimum absolute atomic E-state index is 0.166. The van der Waals surface area contributed by atoms with Gasteiger partial charge in [-0.1, -0.05) is 6.08 Å². The van der Waals surface area contributed by atoms with Gasteiger partial charge < -0.3 is 29.5 Å². The van der Waals surface area contributed by atoms with Crippen molar-refractivity contribution in [3.8, 4) is 11.5 Å². The number of hydrogen-bond acceptors (Lipinski definition) is 6. The molecule has 8 heteroatoms. The van der Waals surface area contributed by atoms with E-state index in [1.54, 1.807) is 7.11 Å². The van der Waals surface area contributed by atoms with E-state index in [9.17, 15) is 5.11 Å². The summed E-state index contributed by atoms with van der Waals surface area (Å²) in [5.41, 5.74) is 0. The third-order valence-electron chi connectivity index (χ3n) is 5.69. The zero-order valence-electron chi connectivity index (χ0n) is 18.6. The fourth-order valence-electron chi connectivity index (χ4n) is 3.76. The predicted octanol–water partition coefficient (Wildman–Crippen LogP) is 3.56. The number of aliphatic hydroxyl groups is 1. The van der Waals surface area contributed by atoms with E-state index in [2.05, 4.69) is 10.2 Å². The molecule has 0 amide bonds. The number of benzene rings is 1. The highest BCUT2D eigenvalue weighted by atomic mass is 35.5. The Labute approximate surface area is 201 Å². The molecule has 0 radical (unpaired) electrons. The molecule has 0 saturated carbocycles. The number of likely N-dealkylation sites (tertiary alicyclic amines) is 1. The zero-order valence-corrected chi connectivity index (χ0v) is 20.1. The fraction of sp³-hybridized carbons (Fsp3) is 0.583. The standard InChI is InChI=1S/C24H34Cl2N2O4/c1-30-20-3-5-21(6-4-20)32-17-19(29)16-27-18-9-12-28(13-10-18)11-2-14-31-22-7-8-23(25)24(26)15-22/h3-8,15,18-19,23-24,27,29H,2,9-14,16-17H2,1H3/t19-,23-,24?/m1/s1. The molecule has 2 aliphatic rings. The van der Waals surface area contributed by atoms with E-state index in [1.165, 1.54) is 0 Å². The van der Waals surface area contributed by atoms with E-state index in [0.29, 0.717) is 19.2 Å².